The zero-order chi connectivity index (χ0) is 28.3. The maximum absolute atomic E-state index is 12.7. The Hall–Kier alpha value is -2.82. The fourth-order valence-corrected chi connectivity index (χ4v) is 5.60. The standard InChI is InChI=1S/C35H53N3O2/c1-3-4-5-6-7-8-9-10-11-12-13-14-15-16-17-22-29-38-32-25-20-19-24-31(32)37-34(38)27-28-36-35(39)30-23-18-21-26-33(30)40-2/h18-21,23-26H,3-17,22,27-29H2,1-2H3,(H,36,39). The van der Waals surface area contributed by atoms with Crippen molar-refractivity contribution in [1.82, 2.24) is 14.9 Å². The molecule has 1 aromatic heterocycles. The number of rotatable bonds is 22. The largest absolute Gasteiger partial charge is 0.496 e. The third-order valence-corrected chi connectivity index (χ3v) is 7.95. The van der Waals surface area contributed by atoms with Gasteiger partial charge < -0.3 is 14.6 Å². The number of carbonyl (C=O) groups excluding carboxylic acids is 1. The monoisotopic (exact) mass is 547 g/mol. The van der Waals surface area contributed by atoms with Gasteiger partial charge in [-0.1, -0.05) is 128 Å². The van der Waals surface area contributed by atoms with E-state index in [2.05, 4.69) is 35.0 Å². The number of ether oxygens (including phenoxy) is 1. The summed E-state index contributed by atoms with van der Waals surface area (Å²) in [4.78, 5) is 17.6. The number of nitrogens with zero attached hydrogens (tertiary/aromatic N) is 2. The molecule has 0 aliphatic heterocycles. The van der Waals surface area contributed by atoms with E-state index < -0.39 is 0 Å². The molecule has 5 nitrogen and oxygen atoms in total. The van der Waals surface area contributed by atoms with Crippen LogP contribution in [-0.4, -0.2) is 29.1 Å². The van der Waals surface area contributed by atoms with E-state index in [1.54, 1.807) is 13.2 Å². The molecule has 0 fully saturated rings. The molecule has 0 saturated heterocycles. The molecule has 5 heteroatoms. The Balaban J connectivity index is 1.31. The van der Waals surface area contributed by atoms with Gasteiger partial charge in [-0.2, -0.15) is 0 Å². The maximum atomic E-state index is 12.7. The van der Waals surface area contributed by atoms with Gasteiger partial charge >= 0.3 is 0 Å². The van der Waals surface area contributed by atoms with Crippen LogP contribution in [0.4, 0.5) is 0 Å². The summed E-state index contributed by atoms with van der Waals surface area (Å²) in [6.45, 7) is 3.81. The van der Waals surface area contributed by atoms with Crippen LogP contribution >= 0.6 is 0 Å². The van der Waals surface area contributed by atoms with Crippen LogP contribution in [0, 0.1) is 0 Å². The van der Waals surface area contributed by atoms with Gasteiger partial charge in [0.1, 0.15) is 11.6 Å². The predicted molar refractivity (Wildman–Crippen MR) is 168 cm³/mol. The number of methoxy groups -OCH3 is 1. The number of aromatic nitrogens is 2. The molecule has 0 bridgehead atoms. The number of amides is 1. The number of carbonyl (C=O) groups is 1. The third-order valence-electron chi connectivity index (χ3n) is 7.95. The molecule has 1 heterocycles. The lowest BCUT2D eigenvalue weighted by Gasteiger charge is -2.11. The Kier molecular flexibility index (Phi) is 15.3. The zero-order valence-corrected chi connectivity index (χ0v) is 25.3. The van der Waals surface area contributed by atoms with Crippen LogP contribution in [0.5, 0.6) is 5.75 Å². The molecule has 220 valence electrons. The molecule has 0 atom stereocenters. The average molecular weight is 548 g/mol. The Morgan fingerprint density at radius 2 is 1.30 bits per heavy atom. The molecule has 3 aromatic rings. The molecular weight excluding hydrogens is 494 g/mol. The fraction of sp³-hybridized carbons (Fsp3) is 0.600. The molecule has 0 aliphatic carbocycles. The maximum Gasteiger partial charge on any atom is 0.255 e. The van der Waals surface area contributed by atoms with E-state index in [-0.39, 0.29) is 5.91 Å². The summed E-state index contributed by atoms with van der Waals surface area (Å²) in [5.74, 6) is 1.52. The Bertz CT molecular complexity index is 1110. The van der Waals surface area contributed by atoms with Crippen molar-refractivity contribution in [2.45, 2.75) is 123 Å². The summed E-state index contributed by atoms with van der Waals surface area (Å²) in [6.07, 6.45) is 22.8. The van der Waals surface area contributed by atoms with Crippen molar-refractivity contribution in [3.63, 3.8) is 0 Å². The molecule has 0 unspecified atom stereocenters. The number of imidazole rings is 1. The highest BCUT2D eigenvalue weighted by molar-refractivity contribution is 5.96. The van der Waals surface area contributed by atoms with Crippen LogP contribution in [0.2, 0.25) is 0 Å². The molecule has 0 saturated carbocycles. The summed E-state index contributed by atoms with van der Waals surface area (Å²) in [7, 11) is 1.59. The highest BCUT2D eigenvalue weighted by Gasteiger charge is 2.13. The SMILES string of the molecule is CCCCCCCCCCCCCCCCCCn1c(CCNC(=O)c2ccccc2OC)nc2ccccc21. The molecule has 3 rings (SSSR count). The van der Waals surface area contributed by atoms with E-state index in [4.69, 9.17) is 9.72 Å². The van der Waals surface area contributed by atoms with Gasteiger partial charge in [0.15, 0.2) is 0 Å². The van der Waals surface area contributed by atoms with Crippen molar-refractivity contribution >= 4 is 16.9 Å². The van der Waals surface area contributed by atoms with Gasteiger partial charge in [-0.15, -0.1) is 0 Å². The second-order valence-corrected chi connectivity index (χ2v) is 11.2. The molecule has 0 radical (unpaired) electrons. The van der Waals surface area contributed by atoms with Gasteiger partial charge in [-0.25, -0.2) is 4.98 Å². The predicted octanol–water partition coefficient (Wildman–Crippen LogP) is 9.28. The fourth-order valence-electron chi connectivity index (χ4n) is 5.60. The zero-order valence-electron chi connectivity index (χ0n) is 25.3. The number of benzene rings is 2. The van der Waals surface area contributed by atoms with Gasteiger partial charge in [-0.05, 0) is 30.7 Å². The van der Waals surface area contributed by atoms with Crippen LogP contribution in [-0.2, 0) is 13.0 Å². The van der Waals surface area contributed by atoms with Crippen molar-refractivity contribution in [3.8, 4) is 5.75 Å². The first-order valence-electron chi connectivity index (χ1n) is 16.1. The minimum Gasteiger partial charge on any atom is -0.496 e. The summed E-state index contributed by atoms with van der Waals surface area (Å²) in [5, 5.41) is 3.05. The topological polar surface area (TPSA) is 56.2 Å². The van der Waals surface area contributed by atoms with Gasteiger partial charge in [-0.3, -0.25) is 4.79 Å². The van der Waals surface area contributed by atoms with Crippen molar-refractivity contribution < 1.29 is 9.53 Å². The lowest BCUT2D eigenvalue weighted by atomic mass is 10.0. The normalized spacial score (nSPS) is 11.2. The minimum absolute atomic E-state index is 0.113. The quantitative estimate of drug-likeness (QED) is 0.128. The van der Waals surface area contributed by atoms with E-state index in [9.17, 15) is 4.79 Å². The molecule has 0 spiro atoms. The summed E-state index contributed by atoms with van der Waals surface area (Å²) in [5.41, 5.74) is 2.78. The molecule has 2 aromatic carbocycles. The third kappa shape index (κ3) is 11.0. The molecular formula is C35H53N3O2. The first-order valence-corrected chi connectivity index (χ1v) is 16.1. The first-order chi connectivity index (χ1) is 19.7. The molecule has 0 aliphatic rings. The van der Waals surface area contributed by atoms with Crippen molar-refractivity contribution in [2.75, 3.05) is 13.7 Å². The van der Waals surface area contributed by atoms with Gasteiger partial charge in [0, 0.05) is 19.5 Å². The number of aryl methyl sites for hydroxylation is 1. The smallest absolute Gasteiger partial charge is 0.255 e. The number of para-hydroxylation sites is 3. The summed E-state index contributed by atoms with van der Waals surface area (Å²) >= 11 is 0. The number of hydrogen-bond acceptors (Lipinski definition) is 3. The van der Waals surface area contributed by atoms with Crippen molar-refractivity contribution in [1.29, 1.82) is 0 Å². The lowest BCUT2D eigenvalue weighted by molar-refractivity contribution is 0.0951. The van der Waals surface area contributed by atoms with Crippen molar-refractivity contribution in [2.24, 2.45) is 0 Å². The molecule has 1 amide bonds. The summed E-state index contributed by atoms with van der Waals surface area (Å²) < 4.78 is 7.69. The molecule has 40 heavy (non-hydrogen) atoms. The van der Waals surface area contributed by atoms with Crippen LogP contribution in [0.3, 0.4) is 0 Å². The second kappa shape index (κ2) is 19.3. The van der Waals surface area contributed by atoms with E-state index in [0.717, 1.165) is 17.9 Å². The lowest BCUT2D eigenvalue weighted by Crippen LogP contribution is -2.27. The Morgan fingerprint density at radius 1 is 0.750 bits per heavy atom. The number of unbranched alkanes of at least 4 members (excludes halogenated alkanes) is 15. The van der Waals surface area contributed by atoms with Gasteiger partial charge in [0.2, 0.25) is 0 Å². The highest BCUT2D eigenvalue weighted by atomic mass is 16.5. The van der Waals surface area contributed by atoms with Crippen LogP contribution < -0.4 is 10.1 Å². The van der Waals surface area contributed by atoms with E-state index in [0.29, 0.717) is 24.3 Å². The van der Waals surface area contributed by atoms with E-state index in [1.807, 2.05) is 24.3 Å². The van der Waals surface area contributed by atoms with Crippen LogP contribution in [0.15, 0.2) is 48.5 Å². The minimum atomic E-state index is -0.113. The van der Waals surface area contributed by atoms with Gasteiger partial charge in [0.25, 0.3) is 5.91 Å². The van der Waals surface area contributed by atoms with Crippen molar-refractivity contribution in [3.05, 3.63) is 59.9 Å². The summed E-state index contributed by atoms with van der Waals surface area (Å²) in [6, 6.07) is 15.7. The van der Waals surface area contributed by atoms with E-state index in [1.165, 1.54) is 108 Å². The Morgan fingerprint density at radius 3 is 1.93 bits per heavy atom. The van der Waals surface area contributed by atoms with E-state index >= 15 is 0 Å². The number of fused-ring (bicyclic) bond motifs is 1. The second-order valence-electron chi connectivity index (χ2n) is 11.2. The average Bonchev–Trinajstić information content (AvgIpc) is 3.33. The number of nitrogens with one attached hydrogen (secondary N) is 1. The molecule has 1 N–H and O–H groups in total. The van der Waals surface area contributed by atoms with Gasteiger partial charge in [0.05, 0.1) is 23.7 Å². The highest BCUT2D eigenvalue weighted by Crippen LogP contribution is 2.20. The van der Waals surface area contributed by atoms with Crippen LogP contribution in [0.25, 0.3) is 11.0 Å². The first kappa shape index (κ1) is 31.7. The number of hydrogen-bond donors (Lipinski definition) is 1. The van der Waals surface area contributed by atoms with Crippen LogP contribution in [0.1, 0.15) is 126 Å². The Labute approximate surface area is 243 Å².